The van der Waals surface area contributed by atoms with Gasteiger partial charge >= 0.3 is 0 Å². The fraction of sp³-hybridized carbons (Fsp3) is 0.259. The van der Waals surface area contributed by atoms with E-state index in [0.29, 0.717) is 46.1 Å². The van der Waals surface area contributed by atoms with Crippen LogP contribution in [0.1, 0.15) is 33.9 Å². The third-order valence-corrected chi connectivity index (χ3v) is 6.91. The molecule has 0 heterocycles. The molecule has 2 N–H and O–H groups in total. The van der Waals surface area contributed by atoms with Crippen LogP contribution in [-0.4, -0.2) is 38.6 Å². The van der Waals surface area contributed by atoms with E-state index in [1.165, 1.54) is 23.9 Å². The second-order valence-corrected chi connectivity index (χ2v) is 8.92. The lowest BCUT2D eigenvalue weighted by molar-refractivity contribution is 0.0934. The Morgan fingerprint density at radius 1 is 1.03 bits per heavy atom. The van der Waals surface area contributed by atoms with Crippen molar-refractivity contribution >= 4 is 17.7 Å². The Labute approximate surface area is 208 Å². The van der Waals surface area contributed by atoms with Crippen LogP contribution in [0, 0.1) is 0 Å². The Kier molecular flexibility index (Phi) is 7.21. The lowest BCUT2D eigenvalue weighted by Gasteiger charge is -2.20. The second-order valence-electron chi connectivity index (χ2n) is 8.07. The topological polar surface area (TPSA) is 94.1 Å². The number of carbonyl (C=O) groups is 1. The zero-order valence-corrected chi connectivity index (χ0v) is 20.8. The van der Waals surface area contributed by atoms with Crippen LogP contribution in [0.4, 0.5) is 0 Å². The summed E-state index contributed by atoms with van der Waals surface area (Å²) in [6, 6.07) is 12.9. The fourth-order valence-electron chi connectivity index (χ4n) is 4.51. The molecule has 0 aliphatic heterocycles. The summed E-state index contributed by atoms with van der Waals surface area (Å²) in [6.45, 7) is 0. The predicted octanol–water partition coefficient (Wildman–Crippen LogP) is 4.58. The molecule has 3 aromatic rings. The third kappa shape index (κ3) is 4.66. The molecule has 0 spiro atoms. The van der Waals surface area contributed by atoms with E-state index in [4.69, 9.17) is 14.2 Å². The molecule has 182 valence electrons. The van der Waals surface area contributed by atoms with Crippen molar-refractivity contribution in [1.82, 2.24) is 5.32 Å². The van der Waals surface area contributed by atoms with Crippen LogP contribution in [0.2, 0.25) is 0 Å². The first kappa shape index (κ1) is 24.5. The van der Waals surface area contributed by atoms with E-state index in [1.807, 2.05) is 18.4 Å². The van der Waals surface area contributed by atoms with Crippen molar-refractivity contribution < 1.29 is 24.1 Å². The molecule has 1 amide bonds. The molecule has 0 saturated carbocycles. The number of benzene rings is 2. The van der Waals surface area contributed by atoms with E-state index in [1.54, 1.807) is 45.6 Å². The average Bonchev–Trinajstić information content (AvgIpc) is 3.11. The maximum atomic E-state index is 13.1. The number of rotatable bonds is 6. The van der Waals surface area contributed by atoms with Gasteiger partial charge in [-0.2, -0.15) is 0 Å². The van der Waals surface area contributed by atoms with E-state index < -0.39 is 6.04 Å². The molecule has 0 radical (unpaired) electrons. The standard InChI is InChI=1S/C27H27NO6S/c1-32-22-13-15-8-10-20(28-27(31)16-6-5-7-17(29)12-16)19-14-21(30)23(35-4)11-9-18(19)24(15)26(34-3)25(22)33-2/h5-7,9,11-14,20,29H,8,10H2,1-4H3,(H,28,31)/t20-/m0/s1. The summed E-state index contributed by atoms with van der Waals surface area (Å²) in [5, 5.41) is 12.9. The van der Waals surface area contributed by atoms with Gasteiger partial charge in [-0.05, 0) is 72.2 Å². The molecule has 7 nitrogen and oxygen atoms in total. The molecule has 0 saturated heterocycles. The van der Waals surface area contributed by atoms with Gasteiger partial charge in [0.1, 0.15) is 5.75 Å². The number of carbonyl (C=O) groups excluding carboxylic acids is 1. The highest BCUT2D eigenvalue weighted by Gasteiger charge is 2.30. The van der Waals surface area contributed by atoms with Crippen LogP contribution in [0.15, 0.2) is 58.2 Å². The van der Waals surface area contributed by atoms with Crippen LogP contribution in [0.3, 0.4) is 0 Å². The number of fused-ring (bicyclic) bond motifs is 3. The lowest BCUT2D eigenvalue weighted by Crippen LogP contribution is -2.29. The van der Waals surface area contributed by atoms with Crippen molar-refractivity contribution in [2.45, 2.75) is 23.8 Å². The van der Waals surface area contributed by atoms with Crippen molar-refractivity contribution in [2.24, 2.45) is 0 Å². The number of hydrogen-bond acceptors (Lipinski definition) is 7. The molecular formula is C27H27NO6S. The first-order valence-electron chi connectivity index (χ1n) is 11.1. The Balaban J connectivity index is 1.94. The van der Waals surface area contributed by atoms with Gasteiger partial charge in [0.25, 0.3) is 5.91 Å². The number of phenolic OH excluding ortho intramolecular Hbond substituents is 1. The van der Waals surface area contributed by atoms with Gasteiger partial charge in [-0.1, -0.05) is 12.1 Å². The number of aromatic hydroxyl groups is 1. The molecule has 0 bridgehead atoms. The number of ether oxygens (including phenoxy) is 3. The van der Waals surface area contributed by atoms with Gasteiger partial charge in [-0.3, -0.25) is 9.59 Å². The number of phenols is 1. The largest absolute Gasteiger partial charge is 0.508 e. The van der Waals surface area contributed by atoms with E-state index in [-0.39, 0.29) is 17.1 Å². The van der Waals surface area contributed by atoms with E-state index in [2.05, 4.69) is 5.32 Å². The maximum absolute atomic E-state index is 13.1. The predicted molar refractivity (Wildman–Crippen MR) is 136 cm³/mol. The number of thioether (sulfide) groups is 1. The van der Waals surface area contributed by atoms with Crippen molar-refractivity contribution in [1.29, 1.82) is 0 Å². The van der Waals surface area contributed by atoms with Crippen molar-refractivity contribution in [2.75, 3.05) is 27.6 Å². The SMILES string of the molecule is COc1cc2c(c(OC)c1OC)-c1ccc(SC)c(=O)cc1[C@@H](NC(=O)c1cccc(O)c1)CC2. The van der Waals surface area contributed by atoms with Crippen LogP contribution >= 0.6 is 11.8 Å². The summed E-state index contributed by atoms with van der Waals surface area (Å²) in [5.41, 5.74) is 3.43. The number of amides is 1. The molecule has 1 atom stereocenters. The Hall–Kier alpha value is -3.65. The minimum atomic E-state index is -0.455. The Morgan fingerprint density at radius 2 is 1.80 bits per heavy atom. The summed E-state index contributed by atoms with van der Waals surface area (Å²) in [4.78, 5) is 26.7. The normalized spacial score (nSPS) is 14.2. The molecule has 1 aliphatic rings. The molecule has 0 fully saturated rings. The molecular weight excluding hydrogens is 466 g/mol. The summed E-state index contributed by atoms with van der Waals surface area (Å²) in [6.07, 6.45) is 2.99. The molecule has 35 heavy (non-hydrogen) atoms. The Morgan fingerprint density at radius 3 is 2.46 bits per heavy atom. The highest BCUT2D eigenvalue weighted by Crippen LogP contribution is 2.50. The van der Waals surface area contributed by atoms with Gasteiger partial charge in [0, 0.05) is 11.1 Å². The smallest absolute Gasteiger partial charge is 0.251 e. The van der Waals surface area contributed by atoms with Gasteiger partial charge in [0.15, 0.2) is 16.9 Å². The third-order valence-electron chi connectivity index (χ3n) is 6.13. The number of hydrogen-bond donors (Lipinski definition) is 2. The van der Waals surface area contributed by atoms with Crippen LogP contribution < -0.4 is 25.0 Å². The highest BCUT2D eigenvalue weighted by atomic mass is 32.2. The van der Waals surface area contributed by atoms with E-state index in [0.717, 1.165) is 16.7 Å². The van der Waals surface area contributed by atoms with Crippen molar-refractivity contribution in [3.8, 4) is 34.1 Å². The minimum Gasteiger partial charge on any atom is -0.508 e. The van der Waals surface area contributed by atoms with Crippen LogP contribution in [-0.2, 0) is 6.42 Å². The maximum Gasteiger partial charge on any atom is 0.251 e. The second kappa shape index (κ2) is 10.3. The summed E-state index contributed by atoms with van der Waals surface area (Å²) < 4.78 is 17.0. The molecule has 3 aromatic carbocycles. The Bertz CT molecular complexity index is 1340. The zero-order valence-electron chi connectivity index (χ0n) is 20.0. The molecule has 0 aromatic heterocycles. The molecule has 0 unspecified atom stereocenters. The van der Waals surface area contributed by atoms with Crippen LogP contribution in [0.5, 0.6) is 23.0 Å². The number of methoxy groups -OCH3 is 3. The fourth-order valence-corrected chi connectivity index (χ4v) is 4.97. The van der Waals surface area contributed by atoms with Gasteiger partial charge in [0.2, 0.25) is 5.75 Å². The lowest BCUT2D eigenvalue weighted by atomic mass is 9.95. The first-order valence-corrected chi connectivity index (χ1v) is 12.3. The number of aryl methyl sites for hydroxylation is 1. The summed E-state index contributed by atoms with van der Waals surface area (Å²) in [5.74, 6) is 1.18. The summed E-state index contributed by atoms with van der Waals surface area (Å²) in [7, 11) is 4.69. The average molecular weight is 494 g/mol. The van der Waals surface area contributed by atoms with Crippen molar-refractivity contribution in [3.63, 3.8) is 0 Å². The van der Waals surface area contributed by atoms with Gasteiger partial charge in [-0.25, -0.2) is 0 Å². The van der Waals surface area contributed by atoms with Crippen molar-refractivity contribution in [3.05, 3.63) is 75.4 Å². The highest BCUT2D eigenvalue weighted by molar-refractivity contribution is 7.98. The van der Waals surface area contributed by atoms with E-state index >= 15 is 0 Å². The zero-order chi connectivity index (χ0) is 25.1. The van der Waals surface area contributed by atoms with Gasteiger partial charge in [-0.15, -0.1) is 11.8 Å². The van der Waals surface area contributed by atoms with Gasteiger partial charge in [0.05, 0.1) is 32.3 Å². The first-order chi connectivity index (χ1) is 16.9. The molecule has 4 rings (SSSR count). The molecule has 8 heteroatoms. The minimum absolute atomic E-state index is 0.00750. The monoisotopic (exact) mass is 493 g/mol. The number of nitrogens with one attached hydrogen (secondary N) is 1. The van der Waals surface area contributed by atoms with Crippen LogP contribution in [0.25, 0.3) is 11.1 Å². The van der Waals surface area contributed by atoms with Gasteiger partial charge < -0.3 is 24.6 Å². The van der Waals surface area contributed by atoms with E-state index in [9.17, 15) is 14.7 Å². The molecule has 1 aliphatic carbocycles. The quantitative estimate of drug-likeness (QED) is 0.485. The summed E-state index contributed by atoms with van der Waals surface area (Å²) >= 11 is 1.37.